The molecule has 2 saturated carbocycles. The van der Waals surface area contributed by atoms with Crippen molar-refractivity contribution in [3.05, 3.63) is 0 Å². The molecule has 0 aromatic rings. The van der Waals surface area contributed by atoms with Gasteiger partial charge in [-0.15, -0.1) is 0 Å². The fraction of sp³-hybridized carbons (Fsp3) is 1.00. The zero-order valence-corrected chi connectivity index (χ0v) is 13.5. The fourth-order valence-electron chi connectivity index (χ4n) is 3.83. The van der Waals surface area contributed by atoms with Gasteiger partial charge >= 0.3 is 0 Å². The number of nitrogens with one attached hydrogen (secondary N) is 1. The van der Waals surface area contributed by atoms with Crippen LogP contribution in [-0.4, -0.2) is 37.1 Å². The predicted molar refractivity (Wildman–Crippen MR) is 83.5 cm³/mol. The summed E-state index contributed by atoms with van der Waals surface area (Å²) in [4.78, 5) is 2.81. The Morgan fingerprint density at radius 3 is 2.53 bits per heavy atom. The number of hydrogen-bond acceptors (Lipinski definition) is 2. The lowest BCUT2D eigenvalue weighted by Crippen LogP contribution is -2.47. The molecule has 0 spiro atoms. The molecule has 0 radical (unpaired) electrons. The molecule has 2 aliphatic carbocycles. The quantitative estimate of drug-likeness (QED) is 0.756. The van der Waals surface area contributed by atoms with Crippen LogP contribution in [0.2, 0.25) is 0 Å². The average molecular weight is 266 g/mol. The van der Waals surface area contributed by atoms with Crippen molar-refractivity contribution < 1.29 is 0 Å². The Labute approximate surface area is 120 Å². The first kappa shape index (κ1) is 15.3. The van der Waals surface area contributed by atoms with Gasteiger partial charge in [0, 0.05) is 18.6 Å². The van der Waals surface area contributed by atoms with E-state index in [0.29, 0.717) is 5.41 Å². The van der Waals surface area contributed by atoms with E-state index in [0.717, 1.165) is 18.0 Å². The third-order valence-electron chi connectivity index (χ3n) is 5.22. The summed E-state index contributed by atoms with van der Waals surface area (Å²) < 4.78 is 0. The van der Waals surface area contributed by atoms with Crippen molar-refractivity contribution in [2.24, 2.45) is 11.3 Å². The maximum absolute atomic E-state index is 3.59. The van der Waals surface area contributed by atoms with Gasteiger partial charge in [0.1, 0.15) is 0 Å². The van der Waals surface area contributed by atoms with Gasteiger partial charge in [-0.1, -0.05) is 27.2 Å². The van der Waals surface area contributed by atoms with Crippen molar-refractivity contribution in [2.45, 2.75) is 77.8 Å². The normalized spacial score (nSPS) is 30.8. The molecule has 0 aromatic heterocycles. The zero-order valence-electron chi connectivity index (χ0n) is 13.5. The number of nitrogens with zero attached hydrogens (tertiary/aromatic N) is 1. The molecule has 2 atom stereocenters. The first-order valence-corrected chi connectivity index (χ1v) is 8.47. The Bertz CT molecular complexity index is 270. The molecule has 0 aliphatic heterocycles. The van der Waals surface area contributed by atoms with Gasteiger partial charge in [-0.3, -0.25) is 0 Å². The summed E-state index contributed by atoms with van der Waals surface area (Å²) in [5.41, 5.74) is 0.554. The van der Waals surface area contributed by atoms with E-state index >= 15 is 0 Å². The molecule has 0 aromatic carbocycles. The van der Waals surface area contributed by atoms with Crippen molar-refractivity contribution in [2.75, 3.05) is 20.1 Å². The monoisotopic (exact) mass is 266 g/mol. The maximum Gasteiger partial charge on any atom is 0.0105 e. The highest BCUT2D eigenvalue weighted by Crippen LogP contribution is 2.40. The molecule has 0 amide bonds. The topological polar surface area (TPSA) is 15.3 Å². The van der Waals surface area contributed by atoms with Crippen LogP contribution in [0.5, 0.6) is 0 Å². The van der Waals surface area contributed by atoms with E-state index < -0.39 is 0 Å². The summed E-state index contributed by atoms with van der Waals surface area (Å²) in [7, 11) is 2.16. The molecule has 2 unspecified atom stereocenters. The Hall–Kier alpha value is -0.0800. The summed E-state index contributed by atoms with van der Waals surface area (Å²) in [5, 5.41) is 3.59. The van der Waals surface area contributed by atoms with Crippen LogP contribution >= 0.6 is 0 Å². The van der Waals surface area contributed by atoms with E-state index in [9.17, 15) is 0 Å². The smallest absolute Gasteiger partial charge is 0.0105 e. The molecule has 19 heavy (non-hydrogen) atoms. The van der Waals surface area contributed by atoms with Crippen molar-refractivity contribution in [1.29, 1.82) is 0 Å². The first-order valence-electron chi connectivity index (χ1n) is 8.47. The highest BCUT2D eigenvalue weighted by molar-refractivity contribution is 4.92. The highest BCUT2D eigenvalue weighted by Gasteiger charge is 2.37. The van der Waals surface area contributed by atoms with Crippen molar-refractivity contribution in [1.82, 2.24) is 10.2 Å². The molecule has 2 nitrogen and oxygen atoms in total. The summed E-state index contributed by atoms with van der Waals surface area (Å²) >= 11 is 0. The average Bonchev–Trinajstić information content (AvgIpc) is 3.18. The second-order valence-electron chi connectivity index (χ2n) is 7.64. The van der Waals surface area contributed by atoms with Crippen LogP contribution in [-0.2, 0) is 0 Å². The second-order valence-corrected chi connectivity index (χ2v) is 7.64. The Morgan fingerprint density at radius 2 is 1.95 bits per heavy atom. The minimum atomic E-state index is 0.554. The van der Waals surface area contributed by atoms with E-state index in [1.165, 1.54) is 58.0 Å². The highest BCUT2D eigenvalue weighted by atomic mass is 15.2. The van der Waals surface area contributed by atoms with Crippen LogP contribution in [0.15, 0.2) is 0 Å². The Morgan fingerprint density at radius 1 is 1.21 bits per heavy atom. The van der Waals surface area contributed by atoms with E-state index in [1.54, 1.807) is 0 Å². The number of rotatable bonds is 7. The van der Waals surface area contributed by atoms with Crippen LogP contribution in [0, 0.1) is 11.3 Å². The zero-order chi connectivity index (χ0) is 13.9. The molecule has 0 heterocycles. The molecular weight excluding hydrogens is 232 g/mol. The SMILES string of the molecule is CCCCN(CC1CC(C)(C)CCC1NC)C1CC1. The number of unbranched alkanes of at least 4 members (excludes halogenated alkanes) is 1. The molecule has 2 aliphatic rings. The molecule has 0 bridgehead atoms. The Kier molecular flexibility index (Phi) is 5.30. The summed E-state index contributed by atoms with van der Waals surface area (Å²) in [5.74, 6) is 0.853. The molecule has 112 valence electrons. The van der Waals surface area contributed by atoms with Crippen molar-refractivity contribution in [3.8, 4) is 0 Å². The van der Waals surface area contributed by atoms with Crippen LogP contribution in [0.25, 0.3) is 0 Å². The van der Waals surface area contributed by atoms with Crippen LogP contribution in [0.1, 0.15) is 65.7 Å². The lowest BCUT2D eigenvalue weighted by Gasteiger charge is -2.43. The van der Waals surface area contributed by atoms with Crippen molar-refractivity contribution >= 4 is 0 Å². The Balaban J connectivity index is 1.92. The van der Waals surface area contributed by atoms with E-state index in [1.807, 2.05) is 0 Å². The van der Waals surface area contributed by atoms with Gasteiger partial charge in [-0.25, -0.2) is 0 Å². The standard InChI is InChI=1S/C17H34N2/c1-5-6-11-19(15-7-8-15)13-14-12-17(2,3)10-9-16(14)18-4/h14-16,18H,5-13H2,1-4H3. The van der Waals surface area contributed by atoms with Gasteiger partial charge in [-0.2, -0.15) is 0 Å². The van der Waals surface area contributed by atoms with E-state index in [2.05, 4.69) is 38.0 Å². The molecule has 2 heteroatoms. The van der Waals surface area contributed by atoms with Crippen LogP contribution in [0.3, 0.4) is 0 Å². The largest absolute Gasteiger partial charge is 0.317 e. The summed E-state index contributed by atoms with van der Waals surface area (Å²) in [6, 6.07) is 1.67. The fourth-order valence-corrected chi connectivity index (χ4v) is 3.83. The lowest BCUT2D eigenvalue weighted by atomic mass is 9.69. The van der Waals surface area contributed by atoms with Gasteiger partial charge in [0.15, 0.2) is 0 Å². The predicted octanol–water partition coefficient (Wildman–Crippen LogP) is 3.67. The maximum atomic E-state index is 3.59. The number of hydrogen-bond donors (Lipinski definition) is 1. The van der Waals surface area contributed by atoms with Crippen LogP contribution < -0.4 is 5.32 Å². The minimum Gasteiger partial charge on any atom is -0.317 e. The van der Waals surface area contributed by atoms with E-state index in [-0.39, 0.29) is 0 Å². The van der Waals surface area contributed by atoms with E-state index in [4.69, 9.17) is 0 Å². The van der Waals surface area contributed by atoms with Gasteiger partial charge in [0.2, 0.25) is 0 Å². The molecule has 2 rings (SSSR count). The van der Waals surface area contributed by atoms with Gasteiger partial charge in [0.05, 0.1) is 0 Å². The van der Waals surface area contributed by atoms with Gasteiger partial charge < -0.3 is 10.2 Å². The third-order valence-corrected chi connectivity index (χ3v) is 5.22. The minimum absolute atomic E-state index is 0.554. The molecule has 1 N–H and O–H groups in total. The second kappa shape index (κ2) is 6.58. The third kappa shape index (κ3) is 4.46. The molecule has 0 saturated heterocycles. The van der Waals surface area contributed by atoms with Crippen LogP contribution in [0.4, 0.5) is 0 Å². The van der Waals surface area contributed by atoms with Gasteiger partial charge in [-0.05, 0) is 63.5 Å². The van der Waals surface area contributed by atoms with Gasteiger partial charge in [0.25, 0.3) is 0 Å². The molecule has 2 fully saturated rings. The first-order chi connectivity index (χ1) is 9.05. The lowest BCUT2D eigenvalue weighted by molar-refractivity contribution is 0.0991. The molecular formula is C17H34N2. The summed E-state index contributed by atoms with van der Waals surface area (Å²) in [6.45, 7) is 9.89. The van der Waals surface area contributed by atoms with Crippen molar-refractivity contribution in [3.63, 3.8) is 0 Å². The summed E-state index contributed by atoms with van der Waals surface area (Å²) in [6.07, 6.45) is 9.74.